The molecule has 0 amide bonds. The highest BCUT2D eigenvalue weighted by Crippen LogP contribution is 2.46. The van der Waals surface area contributed by atoms with Gasteiger partial charge in [-0.25, -0.2) is 8.42 Å². The van der Waals surface area contributed by atoms with Crippen LogP contribution >= 0.6 is 0 Å². The zero-order valence-corrected chi connectivity index (χ0v) is 11.0. The molecule has 1 aromatic heterocycles. The van der Waals surface area contributed by atoms with Gasteiger partial charge in [0.2, 0.25) is 0 Å². The van der Waals surface area contributed by atoms with Crippen molar-refractivity contribution in [1.82, 2.24) is 9.97 Å². The summed E-state index contributed by atoms with van der Waals surface area (Å²) in [5.41, 5.74) is 0.118. The van der Waals surface area contributed by atoms with Gasteiger partial charge in [-0.2, -0.15) is 0 Å². The van der Waals surface area contributed by atoms with Crippen LogP contribution in [0.3, 0.4) is 0 Å². The van der Waals surface area contributed by atoms with Gasteiger partial charge in [0.15, 0.2) is 9.84 Å². The minimum Gasteiger partial charge on any atom is -0.383 e. The van der Waals surface area contributed by atoms with E-state index in [1.54, 1.807) is 12.4 Å². The number of aromatic nitrogens is 2. The maximum atomic E-state index is 12.0. The van der Waals surface area contributed by atoms with E-state index in [4.69, 9.17) is 0 Å². The topological polar surface area (TPSA) is 80.2 Å². The van der Waals surface area contributed by atoms with Crippen molar-refractivity contribution in [3.8, 4) is 0 Å². The third kappa shape index (κ3) is 1.66. The maximum Gasteiger partial charge on any atom is 0.156 e. The number of sulfone groups is 1. The van der Waals surface area contributed by atoms with Crippen LogP contribution in [-0.2, 0) is 15.4 Å². The van der Waals surface area contributed by atoms with E-state index < -0.39 is 25.9 Å². The van der Waals surface area contributed by atoms with Crippen molar-refractivity contribution in [2.24, 2.45) is 0 Å². The van der Waals surface area contributed by atoms with Crippen LogP contribution in [0.2, 0.25) is 0 Å². The van der Waals surface area contributed by atoms with E-state index in [1.807, 2.05) is 6.92 Å². The summed E-state index contributed by atoms with van der Waals surface area (Å²) in [6.45, 7) is 1.81. The van der Waals surface area contributed by atoms with Crippen molar-refractivity contribution in [2.45, 2.75) is 48.7 Å². The molecule has 2 saturated heterocycles. The Morgan fingerprint density at radius 1 is 1.28 bits per heavy atom. The molecule has 2 aliphatic rings. The highest BCUT2D eigenvalue weighted by Gasteiger charge is 2.53. The maximum absolute atomic E-state index is 12.0. The third-order valence-corrected chi connectivity index (χ3v) is 6.77. The van der Waals surface area contributed by atoms with Crippen LogP contribution < -0.4 is 0 Å². The van der Waals surface area contributed by atoms with Crippen LogP contribution in [-0.4, -0.2) is 34.0 Å². The molecule has 0 aromatic carbocycles. The molecule has 3 rings (SSSR count). The molecule has 3 heterocycles. The lowest BCUT2D eigenvalue weighted by molar-refractivity contribution is 0.0126. The van der Waals surface area contributed by atoms with E-state index in [0.29, 0.717) is 18.5 Å². The molecule has 2 aliphatic heterocycles. The van der Waals surface area contributed by atoms with Gasteiger partial charge in [0.25, 0.3) is 0 Å². The van der Waals surface area contributed by atoms with Crippen LogP contribution in [0.1, 0.15) is 37.1 Å². The zero-order chi connectivity index (χ0) is 13.0. The standard InChI is InChI=1S/C12H16N2O3S/c1-8-6-13-7-11(14-8)12(15)4-9-2-3-10(5-12)18(9,16)17/h6-7,9-10,15H,2-5H2,1H3. The summed E-state index contributed by atoms with van der Waals surface area (Å²) < 4.78 is 24.0. The van der Waals surface area contributed by atoms with E-state index in [0.717, 1.165) is 5.69 Å². The monoisotopic (exact) mass is 268 g/mol. The van der Waals surface area contributed by atoms with Gasteiger partial charge in [0.05, 0.1) is 28.1 Å². The largest absolute Gasteiger partial charge is 0.383 e. The molecule has 2 fully saturated rings. The molecule has 2 atom stereocenters. The number of aliphatic hydroxyl groups is 1. The molecule has 0 radical (unpaired) electrons. The van der Waals surface area contributed by atoms with Crippen LogP contribution in [0.5, 0.6) is 0 Å². The van der Waals surface area contributed by atoms with Crippen LogP contribution in [0, 0.1) is 6.92 Å². The number of aryl methyl sites for hydroxylation is 1. The van der Waals surface area contributed by atoms with Crippen molar-refractivity contribution in [3.63, 3.8) is 0 Å². The smallest absolute Gasteiger partial charge is 0.156 e. The van der Waals surface area contributed by atoms with Crippen LogP contribution in [0.15, 0.2) is 12.4 Å². The van der Waals surface area contributed by atoms with Gasteiger partial charge in [-0.3, -0.25) is 9.97 Å². The van der Waals surface area contributed by atoms with Crippen molar-refractivity contribution in [1.29, 1.82) is 0 Å². The summed E-state index contributed by atoms with van der Waals surface area (Å²) in [4.78, 5) is 8.35. The Kier molecular flexibility index (Phi) is 2.50. The van der Waals surface area contributed by atoms with Crippen LogP contribution in [0.4, 0.5) is 0 Å². The Labute approximate surface area is 106 Å². The summed E-state index contributed by atoms with van der Waals surface area (Å²) in [7, 11) is -3.03. The van der Waals surface area contributed by atoms with Crippen molar-refractivity contribution in [3.05, 3.63) is 23.8 Å². The average molecular weight is 268 g/mol. The molecule has 6 heteroatoms. The first-order valence-corrected chi connectivity index (χ1v) is 7.77. The first-order valence-electron chi connectivity index (χ1n) is 6.16. The molecule has 98 valence electrons. The first kappa shape index (κ1) is 12.0. The SMILES string of the molecule is Cc1cncc(C2(O)CC3CCC(C2)S3(=O)=O)n1. The van der Waals surface area contributed by atoms with Gasteiger partial charge >= 0.3 is 0 Å². The summed E-state index contributed by atoms with van der Waals surface area (Å²) in [6.07, 6.45) is 5.00. The highest BCUT2D eigenvalue weighted by atomic mass is 32.2. The molecule has 5 nitrogen and oxygen atoms in total. The Morgan fingerprint density at radius 3 is 2.44 bits per heavy atom. The van der Waals surface area contributed by atoms with E-state index >= 15 is 0 Å². The summed E-state index contributed by atoms with van der Waals surface area (Å²) >= 11 is 0. The Hall–Kier alpha value is -1.01. The molecular weight excluding hydrogens is 252 g/mol. The lowest BCUT2D eigenvalue weighted by atomic mass is 9.90. The first-order chi connectivity index (χ1) is 8.42. The second kappa shape index (κ2) is 3.74. The lowest BCUT2D eigenvalue weighted by Crippen LogP contribution is -2.43. The minimum atomic E-state index is -3.03. The predicted molar refractivity (Wildman–Crippen MR) is 65.6 cm³/mol. The average Bonchev–Trinajstić information content (AvgIpc) is 2.51. The molecule has 0 aliphatic carbocycles. The van der Waals surface area contributed by atoms with E-state index in [9.17, 15) is 13.5 Å². The molecule has 0 saturated carbocycles. The fraction of sp³-hybridized carbons (Fsp3) is 0.667. The predicted octanol–water partition coefficient (Wildman–Crippen LogP) is 0.712. The highest BCUT2D eigenvalue weighted by molar-refractivity contribution is 7.93. The van der Waals surface area contributed by atoms with Gasteiger partial charge in [-0.1, -0.05) is 0 Å². The lowest BCUT2D eigenvalue weighted by Gasteiger charge is -2.35. The second-order valence-electron chi connectivity index (χ2n) is 5.40. The van der Waals surface area contributed by atoms with Gasteiger partial charge in [-0.15, -0.1) is 0 Å². The molecule has 1 aromatic rings. The van der Waals surface area contributed by atoms with E-state index in [-0.39, 0.29) is 12.8 Å². The van der Waals surface area contributed by atoms with Crippen molar-refractivity contribution in [2.75, 3.05) is 0 Å². The summed E-state index contributed by atoms with van der Waals surface area (Å²) in [6, 6.07) is 0. The fourth-order valence-electron chi connectivity index (χ4n) is 3.14. The molecule has 2 unspecified atom stereocenters. The number of fused-ring (bicyclic) bond motifs is 2. The second-order valence-corrected chi connectivity index (χ2v) is 7.91. The zero-order valence-electron chi connectivity index (χ0n) is 10.2. The van der Waals surface area contributed by atoms with Crippen LogP contribution in [0.25, 0.3) is 0 Å². The third-order valence-electron chi connectivity index (χ3n) is 4.10. The van der Waals surface area contributed by atoms with Gasteiger partial charge < -0.3 is 5.11 Å². The van der Waals surface area contributed by atoms with E-state index in [1.165, 1.54) is 0 Å². The van der Waals surface area contributed by atoms with Crippen molar-refractivity contribution < 1.29 is 13.5 Å². The van der Waals surface area contributed by atoms with E-state index in [2.05, 4.69) is 9.97 Å². The Bertz CT molecular complexity index is 565. The molecule has 1 N–H and O–H groups in total. The Balaban J connectivity index is 2.00. The van der Waals surface area contributed by atoms with Gasteiger partial charge in [-0.05, 0) is 32.6 Å². The molecule has 2 bridgehead atoms. The number of nitrogens with zero attached hydrogens (tertiary/aromatic N) is 2. The normalized spacial score (nSPS) is 37.7. The fourth-order valence-corrected chi connectivity index (χ4v) is 5.63. The summed E-state index contributed by atoms with van der Waals surface area (Å²) in [5.74, 6) is 0. The molecular formula is C12H16N2O3S. The van der Waals surface area contributed by atoms with Crippen molar-refractivity contribution >= 4 is 9.84 Å². The minimum absolute atomic E-state index is 0.254. The van der Waals surface area contributed by atoms with Gasteiger partial charge in [0.1, 0.15) is 5.60 Å². The number of hydrogen-bond donors (Lipinski definition) is 1. The molecule has 0 spiro atoms. The quantitative estimate of drug-likeness (QED) is 0.811. The summed E-state index contributed by atoms with van der Waals surface area (Å²) in [5, 5.41) is 9.89. The number of hydrogen-bond acceptors (Lipinski definition) is 5. The number of rotatable bonds is 1. The molecule has 18 heavy (non-hydrogen) atoms. The Morgan fingerprint density at radius 2 is 1.89 bits per heavy atom. The van der Waals surface area contributed by atoms with Gasteiger partial charge in [0, 0.05) is 6.20 Å².